The molecule has 1 aliphatic carbocycles. The van der Waals surface area contributed by atoms with E-state index in [1.54, 1.807) is 0 Å². The quantitative estimate of drug-likeness (QED) is 0.753. The predicted molar refractivity (Wildman–Crippen MR) is 76.5 cm³/mol. The average Bonchev–Trinajstić information content (AvgIpc) is 2.83. The van der Waals surface area contributed by atoms with Crippen LogP contribution in [-0.2, 0) is 14.3 Å². The highest BCUT2D eigenvalue weighted by molar-refractivity contribution is 5.84. The maximum Gasteiger partial charge on any atom is 0.326 e. The lowest BCUT2D eigenvalue weighted by atomic mass is 9.88. The number of carboxylic acids is 1. The number of carbonyl (C=O) groups excluding carboxylic acids is 1. The van der Waals surface area contributed by atoms with Gasteiger partial charge in [0.05, 0.1) is 6.10 Å². The second kappa shape index (κ2) is 7.62. The molecule has 1 unspecified atom stereocenters. The first-order chi connectivity index (χ1) is 9.28. The fourth-order valence-corrected chi connectivity index (χ4v) is 2.32. The molecule has 1 rings (SSSR count). The van der Waals surface area contributed by atoms with E-state index in [1.807, 2.05) is 0 Å². The Balaban J connectivity index is 2.32. The number of rotatable bonds is 7. The van der Waals surface area contributed by atoms with E-state index in [2.05, 4.69) is 26.1 Å². The van der Waals surface area contributed by atoms with Crippen molar-refractivity contribution in [2.24, 2.45) is 5.41 Å². The van der Waals surface area contributed by atoms with E-state index in [9.17, 15) is 9.59 Å². The fraction of sp³-hybridized carbons (Fsp3) is 0.867. The van der Waals surface area contributed by atoms with Gasteiger partial charge in [0.15, 0.2) is 0 Å². The number of aliphatic carboxylic acids is 1. The van der Waals surface area contributed by atoms with E-state index in [1.165, 1.54) is 0 Å². The van der Waals surface area contributed by atoms with E-state index in [-0.39, 0.29) is 24.0 Å². The van der Waals surface area contributed by atoms with Gasteiger partial charge in [0.1, 0.15) is 12.6 Å². The molecule has 0 aromatic rings. The number of ether oxygens (including phenoxy) is 1. The van der Waals surface area contributed by atoms with Gasteiger partial charge in [-0.25, -0.2) is 4.79 Å². The largest absolute Gasteiger partial charge is 0.480 e. The Morgan fingerprint density at radius 2 is 1.90 bits per heavy atom. The molecule has 1 fully saturated rings. The SMILES string of the molecule is CC(C)(C)CCC(NC(=O)COC1CCCC1)C(=O)O. The summed E-state index contributed by atoms with van der Waals surface area (Å²) < 4.78 is 5.49. The standard InChI is InChI=1S/C15H27NO4/c1-15(2,3)9-8-12(14(18)19)16-13(17)10-20-11-6-4-5-7-11/h11-12H,4-10H2,1-3H3,(H,16,17)(H,18,19). The normalized spacial score (nSPS) is 17.9. The van der Waals surface area contributed by atoms with Crippen molar-refractivity contribution in [3.63, 3.8) is 0 Å². The molecule has 1 amide bonds. The van der Waals surface area contributed by atoms with Crippen molar-refractivity contribution in [3.8, 4) is 0 Å². The molecule has 116 valence electrons. The highest BCUT2D eigenvalue weighted by Crippen LogP contribution is 2.22. The van der Waals surface area contributed by atoms with Gasteiger partial charge in [-0.05, 0) is 31.1 Å². The summed E-state index contributed by atoms with van der Waals surface area (Å²) in [6.45, 7) is 6.12. The molecule has 2 N–H and O–H groups in total. The smallest absolute Gasteiger partial charge is 0.326 e. The highest BCUT2D eigenvalue weighted by Gasteiger charge is 2.23. The van der Waals surface area contributed by atoms with E-state index in [4.69, 9.17) is 9.84 Å². The van der Waals surface area contributed by atoms with Crippen LogP contribution in [0.3, 0.4) is 0 Å². The van der Waals surface area contributed by atoms with Crippen molar-refractivity contribution in [2.45, 2.75) is 71.4 Å². The Morgan fingerprint density at radius 3 is 2.40 bits per heavy atom. The molecule has 1 atom stereocenters. The van der Waals surface area contributed by atoms with Crippen LogP contribution in [0, 0.1) is 5.41 Å². The Kier molecular flexibility index (Phi) is 6.46. The first-order valence-corrected chi connectivity index (χ1v) is 7.42. The molecule has 5 nitrogen and oxygen atoms in total. The molecule has 0 spiro atoms. The lowest BCUT2D eigenvalue weighted by molar-refractivity contribution is -0.143. The Bertz CT molecular complexity index is 329. The third kappa shape index (κ3) is 6.89. The Labute approximate surface area is 121 Å². The maximum atomic E-state index is 11.7. The van der Waals surface area contributed by atoms with Crippen LogP contribution in [0.25, 0.3) is 0 Å². The maximum absolute atomic E-state index is 11.7. The molecule has 1 saturated carbocycles. The van der Waals surface area contributed by atoms with Crippen molar-refractivity contribution < 1.29 is 19.4 Å². The summed E-state index contributed by atoms with van der Waals surface area (Å²) in [5, 5.41) is 11.7. The Hall–Kier alpha value is -1.10. The van der Waals surface area contributed by atoms with Gasteiger partial charge in [0.2, 0.25) is 5.91 Å². The fourth-order valence-electron chi connectivity index (χ4n) is 2.32. The third-order valence-electron chi connectivity index (χ3n) is 3.57. The number of amides is 1. The van der Waals surface area contributed by atoms with Gasteiger partial charge in [-0.2, -0.15) is 0 Å². The van der Waals surface area contributed by atoms with Crippen LogP contribution in [0.5, 0.6) is 0 Å². The van der Waals surface area contributed by atoms with Gasteiger partial charge in [-0.3, -0.25) is 4.79 Å². The summed E-state index contributed by atoms with van der Waals surface area (Å²) in [6.07, 6.45) is 5.64. The summed E-state index contributed by atoms with van der Waals surface area (Å²) >= 11 is 0. The van der Waals surface area contributed by atoms with Crippen LogP contribution in [-0.4, -0.2) is 35.7 Å². The molecule has 0 bridgehead atoms. The molecular weight excluding hydrogens is 258 g/mol. The van der Waals surface area contributed by atoms with E-state index in [0.29, 0.717) is 6.42 Å². The van der Waals surface area contributed by atoms with Crippen molar-refractivity contribution in [1.29, 1.82) is 0 Å². The summed E-state index contributed by atoms with van der Waals surface area (Å²) in [5.74, 6) is -1.32. The molecule has 0 aromatic carbocycles. The number of hydrogen-bond donors (Lipinski definition) is 2. The van der Waals surface area contributed by atoms with Gasteiger partial charge >= 0.3 is 5.97 Å². The van der Waals surface area contributed by atoms with E-state index < -0.39 is 12.0 Å². The van der Waals surface area contributed by atoms with Crippen molar-refractivity contribution >= 4 is 11.9 Å². The van der Waals surface area contributed by atoms with Crippen LogP contribution < -0.4 is 5.32 Å². The van der Waals surface area contributed by atoms with Gasteiger partial charge in [-0.1, -0.05) is 33.6 Å². The van der Waals surface area contributed by atoms with Crippen molar-refractivity contribution in [1.82, 2.24) is 5.32 Å². The number of hydrogen-bond acceptors (Lipinski definition) is 3. The number of nitrogens with one attached hydrogen (secondary N) is 1. The molecular formula is C15H27NO4. The molecule has 1 aliphatic rings. The average molecular weight is 285 g/mol. The lowest BCUT2D eigenvalue weighted by Gasteiger charge is -2.22. The molecule has 0 aromatic heterocycles. The van der Waals surface area contributed by atoms with Crippen LogP contribution in [0.2, 0.25) is 0 Å². The monoisotopic (exact) mass is 285 g/mol. The first-order valence-electron chi connectivity index (χ1n) is 7.42. The number of carboxylic acid groups (broad SMARTS) is 1. The predicted octanol–water partition coefficient (Wildman–Crippen LogP) is 2.34. The first kappa shape index (κ1) is 17.0. The highest BCUT2D eigenvalue weighted by atomic mass is 16.5. The molecule has 0 heterocycles. The van der Waals surface area contributed by atoms with Crippen LogP contribution in [0.4, 0.5) is 0 Å². The van der Waals surface area contributed by atoms with E-state index in [0.717, 1.165) is 32.1 Å². The van der Waals surface area contributed by atoms with Gasteiger partial charge < -0.3 is 15.2 Å². The van der Waals surface area contributed by atoms with Crippen molar-refractivity contribution in [3.05, 3.63) is 0 Å². The van der Waals surface area contributed by atoms with Crippen LogP contribution in [0.15, 0.2) is 0 Å². The van der Waals surface area contributed by atoms with E-state index >= 15 is 0 Å². The molecule has 0 aliphatic heterocycles. The van der Waals surface area contributed by atoms with Crippen LogP contribution in [0.1, 0.15) is 59.3 Å². The molecule has 20 heavy (non-hydrogen) atoms. The lowest BCUT2D eigenvalue weighted by Crippen LogP contribution is -2.43. The molecule has 0 saturated heterocycles. The summed E-state index contributed by atoms with van der Waals surface area (Å²) in [6, 6.07) is -0.825. The zero-order chi connectivity index (χ0) is 15.2. The van der Waals surface area contributed by atoms with Crippen molar-refractivity contribution in [2.75, 3.05) is 6.61 Å². The second-order valence-corrected chi connectivity index (χ2v) is 6.78. The van der Waals surface area contributed by atoms with Gasteiger partial charge in [0.25, 0.3) is 0 Å². The minimum Gasteiger partial charge on any atom is -0.480 e. The minimum absolute atomic E-state index is 0.0377. The topological polar surface area (TPSA) is 75.6 Å². The minimum atomic E-state index is -0.983. The third-order valence-corrected chi connectivity index (χ3v) is 3.57. The summed E-state index contributed by atoms with van der Waals surface area (Å²) in [5.41, 5.74) is 0.0543. The zero-order valence-electron chi connectivity index (χ0n) is 12.8. The molecule has 0 radical (unpaired) electrons. The summed E-state index contributed by atoms with van der Waals surface area (Å²) in [4.78, 5) is 22.9. The van der Waals surface area contributed by atoms with Gasteiger partial charge in [0, 0.05) is 0 Å². The number of carbonyl (C=O) groups is 2. The summed E-state index contributed by atoms with van der Waals surface area (Å²) in [7, 11) is 0. The molecule has 5 heteroatoms. The van der Waals surface area contributed by atoms with Gasteiger partial charge in [-0.15, -0.1) is 0 Å². The second-order valence-electron chi connectivity index (χ2n) is 6.78. The Morgan fingerprint density at radius 1 is 1.30 bits per heavy atom. The zero-order valence-corrected chi connectivity index (χ0v) is 12.8. The van der Waals surface area contributed by atoms with Crippen LogP contribution >= 0.6 is 0 Å².